The minimum absolute atomic E-state index is 0.00167. The third-order valence-electron chi connectivity index (χ3n) is 11.6. The van der Waals surface area contributed by atoms with Crippen LogP contribution < -0.4 is 4.74 Å². The minimum atomic E-state index is -2.22. The number of esters is 1. The Hall–Kier alpha value is -1.25. The summed E-state index contributed by atoms with van der Waals surface area (Å²) in [5.41, 5.74) is 1.10. The molecule has 0 saturated carbocycles. The van der Waals surface area contributed by atoms with Gasteiger partial charge in [0.2, 0.25) is 0 Å². The summed E-state index contributed by atoms with van der Waals surface area (Å²) >= 11 is 2.30. The van der Waals surface area contributed by atoms with Crippen LogP contribution in [-0.2, 0) is 29.7 Å². The zero-order chi connectivity index (χ0) is 41.5. The van der Waals surface area contributed by atoms with Gasteiger partial charge in [-0.2, -0.15) is 0 Å². The summed E-state index contributed by atoms with van der Waals surface area (Å²) in [6.07, 6.45) is 11.1. The SMILES string of the molecule is C=CCC[C@H](O[Si](C)(C)C(C)(C)C)[C@H](CC[C@H](C)C[C@@H](O[Si](C)(C)C(C)(C)C)[C@H](C)C(=O)O[C@H](/C=C(\C)I)C[C@@H](C)CC=C)OCc1ccc(OC)cc1. The van der Waals surface area contributed by atoms with Gasteiger partial charge in [-0.05, 0) is 157 Å². The van der Waals surface area contributed by atoms with Gasteiger partial charge in [0, 0.05) is 0 Å². The Bertz CT molecular complexity index is 1290. The lowest BCUT2D eigenvalue weighted by Gasteiger charge is -2.42. The number of ether oxygens (including phenoxy) is 3. The van der Waals surface area contributed by atoms with E-state index in [1.165, 1.54) is 0 Å². The van der Waals surface area contributed by atoms with Crippen LogP contribution in [0.5, 0.6) is 5.75 Å². The molecule has 0 heterocycles. The zero-order valence-electron chi connectivity index (χ0n) is 37.0. The molecule has 0 aliphatic carbocycles. The topological polar surface area (TPSA) is 63.2 Å². The third kappa shape index (κ3) is 17.9. The molecule has 0 spiro atoms. The fraction of sp³-hybridized carbons (Fsp3) is 0.711. The molecule has 7 atom stereocenters. The van der Waals surface area contributed by atoms with Crippen molar-refractivity contribution in [1.82, 2.24) is 0 Å². The van der Waals surface area contributed by atoms with Gasteiger partial charge in [0.1, 0.15) is 11.9 Å². The molecule has 0 aliphatic rings. The van der Waals surface area contributed by atoms with Crippen molar-refractivity contribution in [3.05, 3.63) is 64.8 Å². The first kappa shape index (κ1) is 50.8. The molecule has 0 bridgehead atoms. The molecule has 9 heteroatoms. The predicted molar refractivity (Wildman–Crippen MR) is 244 cm³/mol. The van der Waals surface area contributed by atoms with Crippen molar-refractivity contribution < 1.29 is 27.9 Å². The zero-order valence-corrected chi connectivity index (χ0v) is 41.1. The summed E-state index contributed by atoms with van der Waals surface area (Å²) < 4.78 is 33.8. The molecule has 1 aromatic carbocycles. The maximum absolute atomic E-state index is 14.0. The Kier molecular flexibility index (Phi) is 21.8. The van der Waals surface area contributed by atoms with Crippen molar-refractivity contribution >= 4 is 45.2 Å². The number of hydrogen-bond donors (Lipinski definition) is 0. The van der Waals surface area contributed by atoms with Gasteiger partial charge in [0.25, 0.3) is 0 Å². The number of hydrogen-bond acceptors (Lipinski definition) is 6. The fourth-order valence-electron chi connectivity index (χ4n) is 5.92. The highest BCUT2D eigenvalue weighted by Crippen LogP contribution is 2.41. The molecular weight excluding hydrogens is 820 g/mol. The van der Waals surface area contributed by atoms with Crippen LogP contribution in [0.2, 0.25) is 36.3 Å². The molecule has 0 N–H and O–H groups in total. The average molecular weight is 899 g/mol. The minimum Gasteiger partial charge on any atom is -0.497 e. The summed E-state index contributed by atoms with van der Waals surface area (Å²) in [5, 5.41) is 0.0713. The van der Waals surface area contributed by atoms with Crippen molar-refractivity contribution in [2.45, 2.75) is 181 Å². The maximum atomic E-state index is 14.0. The molecule has 54 heavy (non-hydrogen) atoms. The highest BCUT2D eigenvalue weighted by Gasteiger charge is 2.43. The van der Waals surface area contributed by atoms with E-state index >= 15 is 0 Å². The van der Waals surface area contributed by atoms with E-state index in [4.69, 9.17) is 23.1 Å². The summed E-state index contributed by atoms with van der Waals surface area (Å²) in [6, 6.07) is 8.10. The second-order valence-electron chi connectivity index (χ2n) is 18.7. The van der Waals surface area contributed by atoms with E-state index < -0.39 is 22.6 Å². The number of rotatable bonds is 25. The quantitative estimate of drug-likeness (QED) is 0.0422. The van der Waals surface area contributed by atoms with Crippen molar-refractivity contribution in [2.75, 3.05) is 7.11 Å². The van der Waals surface area contributed by atoms with Crippen molar-refractivity contribution in [1.29, 1.82) is 0 Å². The normalized spacial score (nSPS) is 17.1. The monoisotopic (exact) mass is 898 g/mol. The summed E-state index contributed by atoms with van der Waals surface area (Å²) in [6.45, 7) is 39.8. The molecule has 310 valence electrons. The molecule has 0 unspecified atom stereocenters. The van der Waals surface area contributed by atoms with Crippen LogP contribution in [-0.4, -0.2) is 54.1 Å². The summed E-state index contributed by atoms with van der Waals surface area (Å²) in [5.74, 6) is 0.860. The Morgan fingerprint density at radius 1 is 0.796 bits per heavy atom. The first-order chi connectivity index (χ1) is 24.9. The first-order valence-corrected chi connectivity index (χ1v) is 27.1. The van der Waals surface area contributed by atoms with E-state index in [-0.39, 0.29) is 46.4 Å². The van der Waals surface area contributed by atoms with Gasteiger partial charge in [-0.3, -0.25) is 4.79 Å². The van der Waals surface area contributed by atoms with Crippen molar-refractivity contribution in [2.24, 2.45) is 17.8 Å². The third-order valence-corrected chi connectivity index (χ3v) is 21.0. The highest BCUT2D eigenvalue weighted by atomic mass is 127. The Labute approximate surface area is 348 Å². The van der Waals surface area contributed by atoms with E-state index in [0.717, 1.165) is 59.8 Å². The van der Waals surface area contributed by atoms with Crippen LogP contribution in [0, 0.1) is 17.8 Å². The maximum Gasteiger partial charge on any atom is 0.311 e. The lowest BCUT2D eigenvalue weighted by atomic mass is 9.90. The number of benzene rings is 1. The number of allylic oxidation sites excluding steroid dienone is 3. The molecule has 1 rings (SSSR count). The summed E-state index contributed by atoms with van der Waals surface area (Å²) in [4.78, 5) is 14.0. The van der Waals surface area contributed by atoms with E-state index in [1.54, 1.807) is 7.11 Å². The second-order valence-corrected chi connectivity index (χ2v) is 29.9. The van der Waals surface area contributed by atoms with Gasteiger partial charge in [-0.15, -0.1) is 13.2 Å². The van der Waals surface area contributed by atoms with E-state index in [1.807, 2.05) is 38.1 Å². The van der Waals surface area contributed by atoms with Crippen molar-refractivity contribution in [3.8, 4) is 5.75 Å². The lowest BCUT2D eigenvalue weighted by Crippen LogP contribution is -2.48. The Morgan fingerprint density at radius 2 is 1.35 bits per heavy atom. The number of methoxy groups -OCH3 is 1. The first-order valence-electron chi connectivity index (χ1n) is 20.2. The van der Waals surface area contributed by atoms with Crippen LogP contribution in [0.25, 0.3) is 0 Å². The van der Waals surface area contributed by atoms with Crippen LogP contribution in [0.15, 0.2) is 59.2 Å². The number of halogens is 1. The Balaban J connectivity index is 3.41. The van der Waals surface area contributed by atoms with E-state index in [0.29, 0.717) is 12.5 Å². The smallest absolute Gasteiger partial charge is 0.311 e. The molecule has 0 fully saturated rings. The highest BCUT2D eigenvalue weighted by molar-refractivity contribution is 14.1. The van der Waals surface area contributed by atoms with Crippen LogP contribution in [0.4, 0.5) is 0 Å². The Morgan fingerprint density at radius 3 is 1.83 bits per heavy atom. The van der Waals surface area contributed by atoms with Gasteiger partial charge in [-0.1, -0.05) is 79.7 Å². The molecule has 0 amide bonds. The number of carbonyl (C=O) groups excluding carboxylic acids is 1. The molecular formula is C45H79IO6Si2. The average Bonchev–Trinajstić information content (AvgIpc) is 3.04. The van der Waals surface area contributed by atoms with Crippen LogP contribution in [0.1, 0.15) is 120 Å². The molecule has 0 saturated heterocycles. The molecule has 1 aromatic rings. The standard InChI is InChI=1S/C45H79IO6Si2/c1-18-20-22-41(51-53(14,15)44(7,8)9)40(49-32-37-24-26-38(48-13)27-25-37)28-23-34(4)30-42(52-54(16,17)45(10,11)12)36(6)43(47)50-39(31-35(5)46)29-33(3)21-19-2/h18-19,24-27,31,33-34,36,39-42H,1-2,20-23,28-30,32H2,3-17H3/b35-31+/t33-,34-,36-,39-,40-,41-,42+/m0/s1. The van der Waals surface area contributed by atoms with Gasteiger partial charge in [0.05, 0.1) is 37.9 Å². The van der Waals surface area contributed by atoms with Gasteiger partial charge in [0.15, 0.2) is 16.6 Å². The second kappa shape index (κ2) is 23.2. The molecule has 0 radical (unpaired) electrons. The lowest BCUT2D eigenvalue weighted by molar-refractivity contribution is -0.155. The number of carbonyl (C=O) groups is 1. The largest absolute Gasteiger partial charge is 0.497 e. The van der Waals surface area contributed by atoms with Crippen molar-refractivity contribution in [3.63, 3.8) is 0 Å². The van der Waals surface area contributed by atoms with E-state index in [2.05, 4.69) is 136 Å². The van der Waals surface area contributed by atoms with Crippen LogP contribution in [0.3, 0.4) is 0 Å². The van der Waals surface area contributed by atoms with E-state index in [9.17, 15) is 4.79 Å². The van der Waals surface area contributed by atoms with Gasteiger partial charge < -0.3 is 23.1 Å². The predicted octanol–water partition coefficient (Wildman–Crippen LogP) is 13.6. The molecule has 0 aromatic heterocycles. The van der Waals surface area contributed by atoms with Crippen LogP contribution >= 0.6 is 22.6 Å². The fourth-order valence-corrected chi connectivity index (χ4v) is 9.12. The molecule has 0 aliphatic heterocycles. The molecule has 6 nitrogen and oxygen atoms in total. The van der Waals surface area contributed by atoms with Gasteiger partial charge in [-0.25, -0.2) is 0 Å². The van der Waals surface area contributed by atoms with Gasteiger partial charge >= 0.3 is 5.97 Å². The summed E-state index contributed by atoms with van der Waals surface area (Å²) in [7, 11) is -2.63.